The molecule has 28 heavy (non-hydrogen) atoms. The van der Waals surface area contributed by atoms with E-state index >= 15 is 0 Å². The average Bonchev–Trinajstić information content (AvgIpc) is 2.67. The van der Waals surface area contributed by atoms with Gasteiger partial charge in [-0.25, -0.2) is 21.1 Å². The van der Waals surface area contributed by atoms with Crippen LogP contribution in [0.2, 0.25) is 0 Å². The number of ether oxygens (including phenoxy) is 1. The molecule has 1 N–H and O–H groups in total. The molecule has 0 amide bonds. The number of aryl methyl sites for hydroxylation is 2. The Balaban J connectivity index is 1.97. The maximum absolute atomic E-state index is 12.8. The third-order valence-corrected chi connectivity index (χ3v) is 8.02. The minimum absolute atomic E-state index is 0.106. The lowest BCUT2D eigenvalue weighted by molar-refractivity contribution is 0.400. The minimum Gasteiger partial charge on any atom is -0.495 e. The van der Waals surface area contributed by atoms with Gasteiger partial charge >= 0.3 is 0 Å². The molecule has 0 saturated carbocycles. The zero-order valence-electron chi connectivity index (χ0n) is 16.1. The van der Waals surface area contributed by atoms with Crippen LogP contribution in [0, 0.1) is 0 Å². The van der Waals surface area contributed by atoms with E-state index in [0.717, 1.165) is 35.6 Å². The van der Waals surface area contributed by atoms with E-state index < -0.39 is 20.0 Å². The summed E-state index contributed by atoms with van der Waals surface area (Å²) in [6.45, 7) is 0. The van der Waals surface area contributed by atoms with Crippen LogP contribution in [0.3, 0.4) is 0 Å². The van der Waals surface area contributed by atoms with E-state index in [-0.39, 0.29) is 21.2 Å². The van der Waals surface area contributed by atoms with E-state index in [1.807, 2.05) is 6.07 Å². The quantitative estimate of drug-likeness (QED) is 0.770. The Kier molecular flexibility index (Phi) is 5.69. The summed E-state index contributed by atoms with van der Waals surface area (Å²) in [5, 5.41) is 0. The molecule has 0 saturated heterocycles. The number of nitrogens with zero attached hydrogens (tertiary/aromatic N) is 1. The fourth-order valence-electron chi connectivity index (χ4n) is 3.23. The van der Waals surface area contributed by atoms with Crippen molar-refractivity contribution in [2.45, 2.75) is 35.5 Å². The van der Waals surface area contributed by atoms with Gasteiger partial charge < -0.3 is 4.74 Å². The van der Waals surface area contributed by atoms with Gasteiger partial charge in [-0.15, -0.1) is 0 Å². The molecular formula is C19H24N2O5S2. The molecule has 0 atom stereocenters. The van der Waals surface area contributed by atoms with Crippen molar-refractivity contribution in [2.24, 2.45) is 0 Å². The van der Waals surface area contributed by atoms with Crippen LogP contribution >= 0.6 is 0 Å². The van der Waals surface area contributed by atoms with Crippen molar-refractivity contribution < 1.29 is 21.6 Å². The predicted octanol–water partition coefficient (Wildman–Crippen LogP) is 2.63. The number of fused-ring (bicyclic) bond motifs is 1. The minimum atomic E-state index is -3.85. The highest BCUT2D eigenvalue weighted by Crippen LogP contribution is 2.30. The smallest absolute Gasteiger partial charge is 0.261 e. The molecule has 152 valence electrons. The Morgan fingerprint density at radius 1 is 0.929 bits per heavy atom. The molecule has 0 aromatic heterocycles. The zero-order chi connectivity index (χ0) is 20.5. The number of benzene rings is 2. The zero-order valence-corrected chi connectivity index (χ0v) is 17.7. The number of hydrogen-bond acceptors (Lipinski definition) is 5. The van der Waals surface area contributed by atoms with Gasteiger partial charge in [0.1, 0.15) is 10.6 Å². The Hall–Kier alpha value is -2.10. The summed E-state index contributed by atoms with van der Waals surface area (Å²) in [7, 11) is -3.48. The molecular weight excluding hydrogens is 400 g/mol. The molecule has 0 radical (unpaired) electrons. The number of hydrogen-bond donors (Lipinski definition) is 1. The van der Waals surface area contributed by atoms with Gasteiger partial charge in [-0.3, -0.25) is 4.72 Å². The lowest BCUT2D eigenvalue weighted by Crippen LogP contribution is -2.23. The van der Waals surface area contributed by atoms with Gasteiger partial charge in [0.25, 0.3) is 10.0 Å². The van der Waals surface area contributed by atoms with Gasteiger partial charge in [0.2, 0.25) is 10.0 Å². The molecule has 3 rings (SSSR count). The first-order valence-electron chi connectivity index (χ1n) is 8.90. The van der Waals surface area contributed by atoms with Gasteiger partial charge in [0.05, 0.1) is 17.7 Å². The standard InChI is InChI=1S/C19H24N2O5S2/c1-21(2)28(24,25)19-13-16(9-11-18(19)26-3)20-27(22,23)17-10-8-14-6-4-5-7-15(14)12-17/h8-13,20H,4-7H2,1-3H3. The van der Waals surface area contributed by atoms with Crippen LogP contribution in [-0.2, 0) is 32.9 Å². The van der Waals surface area contributed by atoms with Crippen LogP contribution in [0.1, 0.15) is 24.0 Å². The molecule has 2 aromatic rings. The number of anilines is 1. The number of rotatable bonds is 6. The highest BCUT2D eigenvalue weighted by atomic mass is 32.2. The summed E-state index contributed by atoms with van der Waals surface area (Å²) in [4.78, 5) is 0.0617. The molecule has 9 heteroatoms. The van der Waals surface area contributed by atoms with Crippen molar-refractivity contribution in [3.05, 3.63) is 47.5 Å². The summed E-state index contributed by atoms with van der Waals surface area (Å²) in [5.74, 6) is 0.144. The molecule has 0 bridgehead atoms. The van der Waals surface area contributed by atoms with Crippen molar-refractivity contribution in [3.8, 4) is 5.75 Å². The van der Waals surface area contributed by atoms with Gasteiger partial charge in [-0.1, -0.05) is 6.07 Å². The molecule has 0 fully saturated rings. The third kappa shape index (κ3) is 4.01. The average molecular weight is 425 g/mol. The van der Waals surface area contributed by atoms with Crippen molar-refractivity contribution in [1.82, 2.24) is 4.31 Å². The normalized spacial score (nSPS) is 14.6. The first-order chi connectivity index (χ1) is 13.1. The Labute approximate surface area is 166 Å². The molecule has 1 aliphatic rings. The topological polar surface area (TPSA) is 92.8 Å². The van der Waals surface area contributed by atoms with Gasteiger partial charge in [-0.2, -0.15) is 0 Å². The highest BCUT2D eigenvalue weighted by molar-refractivity contribution is 7.92. The summed E-state index contributed by atoms with van der Waals surface area (Å²) in [6.07, 6.45) is 4.00. The van der Waals surface area contributed by atoms with E-state index in [1.54, 1.807) is 12.1 Å². The van der Waals surface area contributed by atoms with Gasteiger partial charge in [-0.05, 0) is 67.1 Å². The fraction of sp³-hybridized carbons (Fsp3) is 0.368. The van der Waals surface area contributed by atoms with E-state index in [0.29, 0.717) is 0 Å². The monoisotopic (exact) mass is 424 g/mol. The van der Waals surface area contributed by atoms with Crippen molar-refractivity contribution >= 4 is 25.7 Å². The lowest BCUT2D eigenvalue weighted by atomic mass is 9.92. The first kappa shape index (κ1) is 20.6. The van der Waals surface area contributed by atoms with Crippen LogP contribution in [0.5, 0.6) is 5.75 Å². The Bertz CT molecular complexity index is 1090. The van der Waals surface area contributed by atoms with Gasteiger partial charge in [0.15, 0.2) is 0 Å². The van der Waals surface area contributed by atoms with Gasteiger partial charge in [0, 0.05) is 14.1 Å². The molecule has 1 aliphatic carbocycles. The van der Waals surface area contributed by atoms with E-state index in [9.17, 15) is 16.8 Å². The van der Waals surface area contributed by atoms with Crippen molar-refractivity contribution in [2.75, 3.05) is 25.9 Å². The number of methoxy groups -OCH3 is 1. The second kappa shape index (κ2) is 7.73. The van der Waals surface area contributed by atoms with E-state index in [1.165, 1.54) is 45.0 Å². The largest absolute Gasteiger partial charge is 0.495 e. The Morgan fingerprint density at radius 3 is 2.25 bits per heavy atom. The summed E-state index contributed by atoms with van der Waals surface area (Å²) in [6, 6.07) is 9.33. The summed E-state index contributed by atoms with van der Waals surface area (Å²) < 4.78 is 59.4. The summed E-state index contributed by atoms with van der Waals surface area (Å²) >= 11 is 0. The third-order valence-electron chi connectivity index (χ3n) is 4.80. The molecule has 0 spiro atoms. The van der Waals surface area contributed by atoms with E-state index in [4.69, 9.17) is 4.74 Å². The van der Waals surface area contributed by atoms with Crippen molar-refractivity contribution in [3.63, 3.8) is 0 Å². The number of nitrogens with one attached hydrogen (secondary N) is 1. The maximum atomic E-state index is 12.8. The SMILES string of the molecule is COc1ccc(NS(=O)(=O)c2ccc3c(c2)CCCC3)cc1S(=O)(=O)N(C)C. The number of sulfonamides is 2. The second-order valence-corrected chi connectivity index (χ2v) is 10.7. The fourth-order valence-corrected chi connectivity index (χ4v) is 5.40. The maximum Gasteiger partial charge on any atom is 0.261 e. The molecule has 7 nitrogen and oxygen atoms in total. The second-order valence-electron chi connectivity index (χ2n) is 6.90. The van der Waals surface area contributed by atoms with Crippen molar-refractivity contribution in [1.29, 1.82) is 0 Å². The van der Waals surface area contributed by atoms with Crippen LogP contribution in [-0.4, -0.2) is 42.3 Å². The van der Waals surface area contributed by atoms with E-state index in [2.05, 4.69) is 4.72 Å². The molecule has 2 aromatic carbocycles. The highest BCUT2D eigenvalue weighted by Gasteiger charge is 2.24. The molecule has 0 unspecified atom stereocenters. The Morgan fingerprint density at radius 2 is 1.61 bits per heavy atom. The van der Waals surface area contributed by atoms with Crippen LogP contribution in [0.15, 0.2) is 46.2 Å². The predicted molar refractivity (Wildman–Crippen MR) is 108 cm³/mol. The molecule has 0 aliphatic heterocycles. The van der Waals surface area contributed by atoms with Crippen LogP contribution in [0.25, 0.3) is 0 Å². The molecule has 0 heterocycles. The van der Waals surface area contributed by atoms with Crippen LogP contribution in [0.4, 0.5) is 5.69 Å². The lowest BCUT2D eigenvalue weighted by Gasteiger charge is -2.18. The summed E-state index contributed by atoms with van der Waals surface area (Å²) in [5.41, 5.74) is 2.40. The first-order valence-corrected chi connectivity index (χ1v) is 11.8. The van der Waals surface area contributed by atoms with Crippen LogP contribution < -0.4 is 9.46 Å².